The van der Waals surface area contributed by atoms with Gasteiger partial charge in [0.05, 0.1) is 11.6 Å². The number of benzene rings is 2. The first-order valence-corrected chi connectivity index (χ1v) is 13.5. The molecule has 3 unspecified atom stereocenters. The van der Waals surface area contributed by atoms with Crippen molar-refractivity contribution in [1.82, 2.24) is 15.5 Å². The highest BCUT2D eigenvalue weighted by atomic mass is 16.1. The number of likely N-dealkylation sites (N-methyl/N-ethyl adjacent to an activating group) is 2. The molecule has 3 atom stereocenters. The van der Waals surface area contributed by atoms with Crippen molar-refractivity contribution >= 4 is 12.4 Å². The van der Waals surface area contributed by atoms with Gasteiger partial charge in [-0.15, -0.1) is 0 Å². The molecule has 1 aliphatic rings. The Balaban J connectivity index is 1.70. The third-order valence-electron chi connectivity index (χ3n) is 7.72. The highest BCUT2D eigenvalue weighted by Crippen LogP contribution is 2.29. The fourth-order valence-corrected chi connectivity index (χ4v) is 5.52. The van der Waals surface area contributed by atoms with E-state index < -0.39 is 0 Å². The van der Waals surface area contributed by atoms with Gasteiger partial charge in [-0.2, -0.15) is 5.26 Å². The first kappa shape index (κ1) is 28.4. The van der Waals surface area contributed by atoms with E-state index in [9.17, 15) is 4.79 Å². The summed E-state index contributed by atoms with van der Waals surface area (Å²) in [6, 6.07) is 17.4. The summed E-state index contributed by atoms with van der Waals surface area (Å²) in [5, 5.41) is 16.0. The number of carbonyl (C=O) groups is 1. The largest absolute Gasteiger partial charge is 0.391 e. The van der Waals surface area contributed by atoms with Gasteiger partial charge in [-0.05, 0) is 73.0 Å². The molecular weight excluding hydrogens is 456 g/mol. The van der Waals surface area contributed by atoms with Gasteiger partial charge in [0.2, 0.25) is 0 Å². The van der Waals surface area contributed by atoms with E-state index in [0.717, 1.165) is 43.5 Å². The van der Waals surface area contributed by atoms with Gasteiger partial charge in [-0.3, -0.25) is 4.90 Å². The van der Waals surface area contributed by atoms with Gasteiger partial charge < -0.3 is 15.4 Å². The van der Waals surface area contributed by atoms with E-state index in [1.165, 1.54) is 42.4 Å². The lowest BCUT2D eigenvalue weighted by atomic mass is 9.80. The molecule has 0 aliphatic heterocycles. The first-order valence-electron chi connectivity index (χ1n) is 13.5. The average Bonchev–Trinajstić information content (AvgIpc) is 2.93. The van der Waals surface area contributed by atoms with Gasteiger partial charge in [0, 0.05) is 44.3 Å². The monoisotopic (exact) mass is 498 g/mol. The smallest absolute Gasteiger partial charge is 0.120 e. The Morgan fingerprint density at radius 1 is 1.19 bits per heavy atom. The van der Waals surface area contributed by atoms with Crippen LogP contribution >= 0.6 is 0 Å². The van der Waals surface area contributed by atoms with Gasteiger partial charge in [0.1, 0.15) is 6.29 Å². The SMILES string of the molecule is C=Cc1ccc(CC2CCCCC2NCc2ccc(C#N)cc2)cc1CN(C)C(CCC=O)C(=C)NC. The number of hydrogen-bond acceptors (Lipinski definition) is 5. The summed E-state index contributed by atoms with van der Waals surface area (Å²) in [5.74, 6) is 0.594. The Labute approximate surface area is 223 Å². The molecule has 37 heavy (non-hydrogen) atoms. The minimum Gasteiger partial charge on any atom is -0.391 e. The Bertz CT molecular complexity index is 1080. The summed E-state index contributed by atoms with van der Waals surface area (Å²) in [6.07, 6.45) is 10.2. The van der Waals surface area contributed by atoms with Crippen LogP contribution in [0.5, 0.6) is 0 Å². The molecule has 0 spiro atoms. The molecule has 0 heterocycles. The Hall–Kier alpha value is -3.20. The summed E-state index contributed by atoms with van der Waals surface area (Å²) in [4.78, 5) is 13.3. The lowest BCUT2D eigenvalue weighted by Crippen LogP contribution is -2.39. The van der Waals surface area contributed by atoms with E-state index >= 15 is 0 Å². The Morgan fingerprint density at radius 2 is 1.92 bits per heavy atom. The standard InChI is InChI=1S/C32H42N4O/c1-5-28-17-16-27(20-30(28)23-36(4)32(11-8-18-37)24(2)34-3)19-29-9-6-7-10-31(29)35-22-26-14-12-25(21-33)13-15-26/h5,12-18,20,29,31-32,34-35H,1-2,6-11,19,22-23H2,3-4H3. The minimum atomic E-state index is 0.0886. The van der Waals surface area contributed by atoms with Gasteiger partial charge in [0.15, 0.2) is 0 Å². The van der Waals surface area contributed by atoms with E-state index in [1.807, 2.05) is 37.4 Å². The fourth-order valence-electron chi connectivity index (χ4n) is 5.52. The lowest BCUT2D eigenvalue weighted by molar-refractivity contribution is -0.108. The maximum absolute atomic E-state index is 11.0. The molecule has 2 aromatic rings. The first-order chi connectivity index (χ1) is 18.0. The second kappa shape index (κ2) is 14.5. The van der Waals surface area contributed by atoms with E-state index in [1.54, 1.807) is 0 Å². The van der Waals surface area contributed by atoms with E-state index in [0.29, 0.717) is 23.9 Å². The normalized spacial score (nSPS) is 18.1. The number of hydrogen-bond donors (Lipinski definition) is 2. The van der Waals surface area contributed by atoms with Crippen LogP contribution in [0.25, 0.3) is 6.08 Å². The summed E-state index contributed by atoms with van der Waals surface area (Å²) < 4.78 is 0. The third-order valence-corrected chi connectivity index (χ3v) is 7.72. The molecule has 1 saturated carbocycles. The molecule has 2 N–H and O–H groups in total. The van der Waals surface area contributed by atoms with E-state index in [4.69, 9.17) is 5.26 Å². The molecule has 2 aromatic carbocycles. The molecule has 1 aliphatic carbocycles. The predicted molar refractivity (Wildman–Crippen MR) is 153 cm³/mol. The van der Waals surface area contributed by atoms with Crippen molar-refractivity contribution in [2.24, 2.45) is 5.92 Å². The highest BCUT2D eigenvalue weighted by molar-refractivity contribution is 5.53. The second-order valence-electron chi connectivity index (χ2n) is 10.2. The quantitative estimate of drug-likeness (QED) is 0.332. The van der Waals surface area contributed by atoms with Crippen LogP contribution in [0.15, 0.2) is 61.3 Å². The predicted octanol–water partition coefficient (Wildman–Crippen LogP) is 5.60. The van der Waals surface area contributed by atoms with Crippen LogP contribution in [0.4, 0.5) is 0 Å². The summed E-state index contributed by atoms with van der Waals surface area (Å²) >= 11 is 0. The van der Waals surface area contributed by atoms with Crippen molar-refractivity contribution < 1.29 is 4.79 Å². The number of nitrogens with zero attached hydrogens (tertiary/aromatic N) is 2. The molecule has 0 saturated heterocycles. The fraction of sp³-hybridized carbons (Fsp3) is 0.438. The number of nitriles is 1. The van der Waals surface area contributed by atoms with Gasteiger partial charge in [-0.25, -0.2) is 0 Å². The number of nitrogens with one attached hydrogen (secondary N) is 2. The van der Waals surface area contributed by atoms with Crippen molar-refractivity contribution in [1.29, 1.82) is 5.26 Å². The maximum atomic E-state index is 11.0. The third kappa shape index (κ3) is 8.15. The average molecular weight is 499 g/mol. The van der Waals surface area contributed by atoms with E-state index in [2.05, 4.69) is 60.0 Å². The van der Waals surface area contributed by atoms with Crippen molar-refractivity contribution in [3.05, 3.63) is 89.1 Å². The molecule has 0 radical (unpaired) electrons. The molecule has 5 nitrogen and oxygen atoms in total. The number of carbonyl (C=O) groups excluding carboxylic acids is 1. The summed E-state index contributed by atoms with van der Waals surface area (Å²) in [7, 11) is 3.98. The molecule has 1 fully saturated rings. The zero-order chi connectivity index (χ0) is 26.6. The lowest BCUT2D eigenvalue weighted by Gasteiger charge is -2.33. The zero-order valence-electron chi connectivity index (χ0n) is 22.5. The van der Waals surface area contributed by atoms with Crippen LogP contribution in [-0.2, 0) is 24.3 Å². The van der Waals surface area contributed by atoms with Crippen LogP contribution in [0, 0.1) is 17.2 Å². The molecule has 0 aromatic heterocycles. The number of rotatable bonds is 14. The maximum Gasteiger partial charge on any atom is 0.120 e. The molecule has 0 amide bonds. The molecule has 5 heteroatoms. The van der Waals surface area contributed by atoms with Crippen LogP contribution in [0.1, 0.15) is 66.3 Å². The van der Waals surface area contributed by atoms with Gasteiger partial charge >= 0.3 is 0 Å². The summed E-state index contributed by atoms with van der Waals surface area (Å²) in [5.41, 5.74) is 6.62. The van der Waals surface area contributed by atoms with Crippen molar-refractivity contribution in [3.63, 3.8) is 0 Å². The Morgan fingerprint density at radius 3 is 2.59 bits per heavy atom. The van der Waals surface area contributed by atoms with Crippen LogP contribution in [0.3, 0.4) is 0 Å². The van der Waals surface area contributed by atoms with Crippen molar-refractivity contribution in [3.8, 4) is 6.07 Å². The van der Waals surface area contributed by atoms with E-state index in [-0.39, 0.29) is 6.04 Å². The summed E-state index contributed by atoms with van der Waals surface area (Å²) in [6.45, 7) is 9.81. The van der Waals surface area contributed by atoms with Crippen LogP contribution in [0.2, 0.25) is 0 Å². The van der Waals surface area contributed by atoms with Crippen LogP contribution < -0.4 is 10.6 Å². The van der Waals surface area contributed by atoms with Crippen molar-refractivity contribution in [2.75, 3.05) is 14.1 Å². The van der Waals surface area contributed by atoms with Crippen molar-refractivity contribution in [2.45, 2.75) is 70.1 Å². The van der Waals surface area contributed by atoms with Crippen LogP contribution in [-0.4, -0.2) is 37.4 Å². The number of aldehydes is 1. The molecule has 3 rings (SSSR count). The van der Waals surface area contributed by atoms with Gasteiger partial charge in [-0.1, -0.05) is 62.4 Å². The molecule has 196 valence electrons. The molecular formula is C32H42N4O. The topological polar surface area (TPSA) is 68.2 Å². The van der Waals surface area contributed by atoms with Gasteiger partial charge in [0.25, 0.3) is 0 Å². The second-order valence-corrected chi connectivity index (χ2v) is 10.2. The molecule has 0 bridgehead atoms. The zero-order valence-corrected chi connectivity index (χ0v) is 22.5. The minimum absolute atomic E-state index is 0.0886. The highest BCUT2D eigenvalue weighted by Gasteiger charge is 2.25. The Kier molecular flexibility index (Phi) is 11.1.